The van der Waals surface area contributed by atoms with Gasteiger partial charge in [0, 0.05) is 12.6 Å². The highest BCUT2D eigenvalue weighted by Gasteiger charge is 2.10. The van der Waals surface area contributed by atoms with Crippen molar-refractivity contribution in [3.05, 3.63) is 51.9 Å². The molecule has 1 aromatic carbocycles. The Balaban J connectivity index is 2.28. The van der Waals surface area contributed by atoms with Gasteiger partial charge in [0.15, 0.2) is 11.6 Å². The van der Waals surface area contributed by atoms with Crippen LogP contribution in [-0.4, -0.2) is 12.0 Å². The Hall–Kier alpha value is -1.36. The van der Waals surface area contributed by atoms with E-state index >= 15 is 0 Å². The second kappa shape index (κ2) is 6.19. The van der Waals surface area contributed by atoms with Crippen molar-refractivity contribution in [2.45, 2.75) is 6.54 Å². The van der Waals surface area contributed by atoms with Crippen LogP contribution in [0.4, 0.5) is 4.39 Å². The maximum Gasteiger partial charge on any atom is 0.219 e. The fourth-order valence-corrected chi connectivity index (χ4v) is 1.83. The summed E-state index contributed by atoms with van der Waals surface area (Å²) in [6.45, 7) is 0.494. The quantitative estimate of drug-likeness (QED) is 0.925. The van der Waals surface area contributed by atoms with Crippen molar-refractivity contribution in [1.82, 2.24) is 10.3 Å². The molecule has 0 bridgehead atoms. The molecule has 0 spiro atoms. The molecule has 0 atom stereocenters. The molecule has 0 fully saturated rings. The summed E-state index contributed by atoms with van der Waals surface area (Å²) in [4.78, 5) is 4.20. The maximum atomic E-state index is 13.7. The SMILES string of the molecule is CNCc1nc(Oc2cccc(Cl)c2F)ccc1Cl. The summed E-state index contributed by atoms with van der Waals surface area (Å²) in [5, 5.41) is 3.46. The molecular weight excluding hydrogens is 290 g/mol. The number of halogens is 3. The molecule has 100 valence electrons. The first-order valence-electron chi connectivity index (χ1n) is 5.53. The number of rotatable bonds is 4. The minimum atomic E-state index is -0.615. The normalized spacial score (nSPS) is 10.5. The van der Waals surface area contributed by atoms with E-state index in [1.807, 2.05) is 0 Å². The Kier molecular flexibility index (Phi) is 4.58. The van der Waals surface area contributed by atoms with Gasteiger partial charge in [-0.1, -0.05) is 29.3 Å². The highest BCUT2D eigenvalue weighted by Crippen LogP contribution is 2.28. The maximum absolute atomic E-state index is 13.7. The predicted octanol–water partition coefficient (Wildman–Crippen LogP) is 4.04. The van der Waals surface area contributed by atoms with Crippen molar-refractivity contribution in [3.63, 3.8) is 0 Å². The van der Waals surface area contributed by atoms with Gasteiger partial charge in [-0.3, -0.25) is 0 Å². The average Bonchev–Trinajstić information content (AvgIpc) is 2.39. The van der Waals surface area contributed by atoms with E-state index in [1.54, 1.807) is 25.2 Å². The lowest BCUT2D eigenvalue weighted by atomic mass is 10.3. The van der Waals surface area contributed by atoms with E-state index in [2.05, 4.69) is 10.3 Å². The zero-order chi connectivity index (χ0) is 13.8. The Morgan fingerprint density at radius 2 is 2.00 bits per heavy atom. The molecule has 1 N–H and O–H groups in total. The molecule has 0 saturated heterocycles. The number of pyridine rings is 1. The minimum absolute atomic E-state index is 0.00177. The van der Waals surface area contributed by atoms with Gasteiger partial charge in [-0.2, -0.15) is 0 Å². The average molecular weight is 301 g/mol. The van der Waals surface area contributed by atoms with E-state index < -0.39 is 5.82 Å². The molecule has 0 radical (unpaired) electrons. The lowest BCUT2D eigenvalue weighted by molar-refractivity contribution is 0.426. The first-order chi connectivity index (χ1) is 9.11. The zero-order valence-electron chi connectivity index (χ0n) is 10.1. The fourth-order valence-electron chi connectivity index (χ4n) is 1.49. The van der Waals surface area contributed by atoms with E-state index in [1.165, 1.54) is 12.1 Å². The van der Waals surface area contributed by atoms with E-state index in [0.29, 0.717) is 17.3 Å². The summed E-state index contributed by atoms with van der Waals surface area (Å²) in [5.41, 5.74) is 0.629. The molecule has 3 nitrogen and oxygen atoms in total. The number of benzene rings is 1. The number of nitrogens with zero attached hydrogens (tertiary/aromatic N) is 1. The third kappa shape index (κ3) is 3.35. The van der Waals surface area contributed by atoms with E-state index in [0.717, 1.165) is 0 Å². The van der Waals surface area contributed by atoms with Gasteiger partial charge in [-0.05, 0) is 25.2 Å². The second-order valence-corrected chi connectivity index (χ2v) is 4.58. The van der Waals surface area contributed by atoms with Gasteiger partial charge in [-0.15, -0.1) is 0 Å². The van der Waals surface area contributed by atoms with Crippen molar-refractivity contribution in [1.29, 1.82) is 0 Å². The summed E-state index contributed by atoms with van der Waals surface area (Å²) < 4.78 is 19.1. The van der Waals surface area contributed by atoms with Crippen molar-refractivity contribution < 1.29 is 9.13 Å². The van der Waals surface area contributed by atoms with E-state index in [-0.39, 0.29) is 16.7 Å². The largest absolute Gasteiger partial charge is 0.436 e. The van der Waals surface area contributed by atoms with Crippen molar-refractivity contribution in [2.24, 2.45) is 0 Å². The van der Waals surface area contributed by atoms with E-state index in [9.17, 15) is 4.39 Å². The Morgan fingerprint density at radius 3 is 2.74 bits per heavy atom. The topological polar surface area (TPSA) is 34.2 Å². The molecule has 0 amide bonds. The second-order valence-electron chi connectivity index (χ2n) is 3.76. The Bertz CT molecular complexity index is 593. The molecule has 0 aliphatic rings. The molecule has 19 heavy (non-hydrogen) atoms. The van der Waals surface area contributed by atoms with Crippen molar-refractivity contribution in [2.75, 3.05) is 7.05 Å². The van der Waals surface area contributed by atoms with Crippen LogP contribution in [0.1, 0.15) is 5.69 Å². The number of aromatic nitrogens is 1. The summed E-state index contributed by atoms with van der Waals surface area (Å²) >= 11 is 11.7. The van der Waals surface area contributed by atoms with Crippen LogP contribution >= 0.6 is 23.2 Å². The summed E-state index contributed by atoms with van der Waals surface area (Å²) in [5.74, 6) is -0.329. The summed E-state index contributed by atoms with van der Waals surface area (Å²) in [7, 11) is 1.78. The molecule has 0 aliphatic carbocycles. The Morgan fingerprint density at radius 1 is 1.21 bits per heavy atom. The zero-order valence-corrected chi connectivity index (χ0v) is 11.6. The van der Waals surface area contributed by atoms with Crippen LogP contribution in [0.25, 0.3) is 0 Å². The lowest BCUT2D eigenvalue weighted by Gasteiger charge is -2.09. The third-order valence-electron chi connectivity index (χ3n) is 2.37. The van der Waals surface area contributed by atoms with Crippen LogP contribution in [-0.2, 0) is 6.54 Å². The Labute approximate surface area is 120 Å². The van der Waals surface area contributed by atoms with Gasteiger partial charge in [0.2, 0.25) is 5.88 Å². The number of hydrogen-bond donors (Lipinski definition) is 1. The molecule has 0 aliphatic heterocycles. The van der Waals surface area contributed by atoms with Gasteiger partial charge in [0.25, 0.3) is 0 Å². The molecule has 6 heteroatoms. The molecule has 0 unspecified atom stereocenters. The standard InChI is InChI=1S/C13H11Cl2FN2O/c1-17-7-10-8(14)5-6-12(18-10)19-11-4-2-3-9(15)13(11)16/h2-6,17H,7H2,1H3. The third-order valence-corrected chi connectivity index (χ3v) is 3.00. The van der Waals surface area contributed by atoms with Crippen LogP contribution in [0.2, 0.25) is 10.0 Å². The monoisotopic (exact) mass is 300 g/mol. The van der Waals surface area contributed by atoms with E-state index in [4.69, 9.17) is 27.9 Å². The minimum Gasteiger partial charge on any atom is -0.436 e. The molecule has 1 aromatic heterocycles. The molecule has 2 aromatic rings. The van der Waals surface area contributed by atoms with Crippen molar-refractivity contribution in [3.8, 4) is 11.6 Å². The smallest absolute Gasteiger partial charge is 0.219 e. The predicted molar refractivity (Wildman–Crippen MR) is 73.5 cm³/mol. The van der Waals surface area contributed by atoms with Crippen LogP contribution < -0.4 is 10.1 Å². The van der Waals surface area contributed by atoms with Gasteiger partial charge in [0.05, 0.1) is 15.7 Å². The van der Waals surface area contributed by atoms with Gasteiger partial charge >= 0.3 is 0 Å². The first-order valence-corrected chi connectivity index (χ1v) is 6.29. The highest BCUT2D eigenvalue weighted by atomic mass is 35.5. The first kappa shape index (κ1) is 14.1. The van der Waals surface area contributed by atoms with Gasteiger partial charge in [-0.25, -0.2) is 9.37 Å². The van der Waals surface area contributed by atoms with Crippen LogP contribution in [0, 0.1) is 5.82 Å². The van der Waals surface area contributed by atoms with Gasteiger partial charge < -0.3 is 10.1 Å². The van der Waals surface area contributed by atoms with Gasteiger partial charge in [0.1, 0.15) is 0 Å². The van der Waals surface area contributed by atoms with Crippen LogP contribution in [0.5, 0.6) is 11.6 Å². The summed E-state index contributed by atoms with van der Waals surface area (Å²) in [6.07, 6.45) is 0. The fraction of sp³-hybridized carbons (Fsp3) is 0.154. The summed E-state index contributed by atoms with van der Waals surface area (Å²) in [6, 6.07) is 7.76. The molecule has 1 heterocycles. The highest BCUT2D eigenvalue weighted by molar-refractivity contribution is 6.31. The van der Waals surface area contributed by atoms with Crippen molar-refractivity contribution >= 4 is 23.2 Å². The molecular formula is C13H11Cl2FN2O. The lowest BCUT2D eigenvalue weighted by Crippen LogP contribution is -2.08. The molecule has 2 rings (SSSR count). The molecule has 0 saturated carbocycles. The van der Waals surface area contributed by atoms with Crippen LogP contribution in [0.3, 0.4) is 0 Å². The number of hydrogen-bond acceptors (Lipinski definition) is 3. The number of nitrogens with one attached hydrogen (secondary N) is 1. The number of ether oxygens (including phenoxy) is 1. The van der Waals surface area contributed by atoms with Crippen LogP contribution in [0.15, 0.2) is 30.3 Å².